The Hall–Kier alpha value is -0.720. The van der Waals surface area contributed by atoms with E-state index >= 15 is 0 Å². The Morgan fingerprint density at radius 1 is 1.60 bits per heavy atom. The van der Waals surface area contributed by atoms with Crippen molar-refractivity contribution in [3.8, 4) is 10.7 Å². The summed E-state index contributed by atoms with van der Waals surface area (Å²) in [6, 6.07) is 3.73. The van der Waals surface area contributed by atoms with Crippen LogP contribution in [0.4, 0.5) is 0 Å². The van der Waals surface area contributed by atoms with Gasteiger partial charge < -0.3 is 10.3 Å². The molecule has 2 aromatic rings. The third-order valence-corrected chi connectivity index (χ3v) is 3.61. The summed E-state index contributed by atoms with van der Waals surface area (Å²) < 4.78 is 6.13. The van der Waals surface area contributed by atoms with Crippen LogP contribution in [0.3, 0.4) is 0 Å². The van der Waals surface area contributed by atoms with Crippen molar-refractivity contribution >= 4 is 27.3 Å². The summed E-state index contributed by atoms with van der Waals surface area (Å²) in [7, 11) is 0. The minimum Gasteiger partial charge on any atom is -0.337 e. The van der Waals surface area contributed by atoms with Crippen molar-refractivity contribution in [1.29, 1.82) is 0 Å². The Kier molecular flexibility index (Phi) is 3.18. The zero-order valence-corrected chi connectivity index (χ0v) is 10.5. The van der Waals surface area contributed by atoms with Gasteiger partial charge in [0.1, 0.15) is 0 Å². The van der Waals surface area contributed by atoms with Gasteiger partial charge in [0.25, 0.3) is 0 Å². The molecule has 2 rings (SSSR count). The molecule has 2 heterocycles. The van der Waals surface area contributed by atoms with Crippen LogP contribution in [-0.2, 0) is 0 Å². The van der Waals surface area contributed by atoms with E-state index in [4.69, 9.17) is 10.3 Å². The van der Waals surface area contributed by atoms with Gasteiger partial charge in [0.05, 0.1) is 14.7 Å². The van der Waals surface area contributed by atoms with Gasteiger partial charge in [-0.15, -0.1) is 11.3 Å². The van der Waals surface area contributed by atoms with Crippen molar-refractivity contribution < 1.29 is 4.52 Å². The maximum atomic E-state index is 5.79. The van der Waals surface area contributed by atoms with Crippen LogP contribution in [-0.4, -0.2) is 10.1 Å². The fourth-order valence-electron chi connectivity index (χ4n) is 1.09. The molecule has 0 radical (unpaired) electrons. The lowest BCUT2D eigenvalue weighted by Gasteiger charge is -1.98. The van der Waals surface area contributed by atoms with Crippen LogP contribution in [0.1, 0.15) is 25.3 Å². The van der Waals surface area contributed by atoms with Crippen LogP contribution in [0, 0.1) is 0 Å². The number of halogens is 1. The molecule has 4 nitrogen and oxygen atoms in total. The second-order valence-corrected chi connectivity index (χ2v) is 5.54. The Morgan fingerprint density at radius 2 is 2.40 bits per heavy atom. The molecule has 2 N–H and O–H groups in total. The molecule has 0 aliphatic heterocycles. The minimum atomic E-state index is -0.172. The van der Waals surface area contributed by atoms with Gasteiger partial charge in [0.2, 0.25) is 11.7 Å². The van der Waals surface area contributed by atoms with Crippen LogP contribution in [0.2, 0.25) is 0 Å². The third kappa shape index (κ3) is 2.27. The number of thiophene rings is 1. The van der Waals surface area contributed by atoms with E-state index in [0.717, 1.165) is 15.1 Å². The lowest BCUT2D eigenvalue weighted by Crippen LogP contribution is -2.08. The van der Waals surface area contributed by atoms with Crippen molar-refractivity contribution in [1.82, 2.24) is 10.1 Å². The van der Waals surface area contributed by atoms with E-state index in [1.165, 1.54) is 0 Å². The Bertz CT molecular complexity index is 454. The van der Waals surface area contributed by atoms with Crippen LogP contribution in [0.15, 0.2) is 20.4 Å². The molecule has 0 fully saturated rings. The fourth-order valence-corrected chi connectivity index (χ4v) is 2.41. The fraction of sp³-hybridized carbons (Fsp3) is 0.333. The quantitative estimate of drug-likeness (QED) is 0.943. The standard InChI is InChI=1S/C9H10BrN3OS/c1-2-5(11)9-12-8(13-14-9)6-3-4-7(10)15-6/h3-5H,2,11H2,1H3. The first kappa shape index (κ1) is 10.8. The first-order valence-corrected chi connectivity index (χ1v) is 6.16. The highest BCUT2D eigenvalue weighted by molar-refractivity contribution is 9.11. The molecule has 0 aliphatic carbocycles. The number of nitrogens with two attached hydrogens (primary N) is 1. The Morgan fingerprint density at radius 3 is 3.00 bits per heavy atom. The van der Waals surface area contributed by atoms with Gasteiger partial charge in [-0.1, -0.05) is 12.1 Å². The van der Waals surface area contributed by atoms with Gasteiger partial charge in [0.15, 0.2) is 0 Å². The first-order valence-electron chi connectivity index (χ1n) is 4.55. The summed E-state index contributed by atoms with van der Waals surface area (Å²) in [6.07, 6.45) is 0.787. The lowest BCUT2D eigenvalue weighted by atomic mass is 10.2. The SMILES string of the molecule is CCC(N)c1nc(-c2ccc(Br)s2)no1. The molecule has 2 aromatic heterocycles. The third-order valence-electron chi connectivity index (χ3n) is 1.99. The maximum Gasteiger partial charge on any atom is 0.243 e. The van der Waals surface area contributed by atoms with Crippen LogP contribution in [0.5, 0.6) is 0 Å². The predicted octanol–water partition coefficient (Wildman–Crippen LogP) is 2.97. The van der Waals surface area contributed by atoms with Crippen molar-refractivity contribution in [2.24, 2.45) is 5.73 Å². The molecule has 0 spiro atoms. The van der Waals surface area contributed by atoms with Gasteiger partial charge in [-0.2, -0.15) is 4.98 Å². The molecule has 1 atom stereocenters. The largest absolute Gasteiger partial charge is 0.337 e. The van der Waals surface area contributed by atoms with E-state index in [1.54, 1.807) is 11.3 Å². The van der Waals surface area contributed by atoms with Crippen LogP contribution < -0.4 is 5.73 Å². The average Bonchev–Trinajstić information content (AvgIpc) is 2.84. The van der Waals surface area contributed by atoms with E-state index in [9.17, 15) is 0 Å². The summed E-state index contributed by atoms with van der Waals surface area (Å²) in [5.74, 6) is 1.10. The second-order valence-electron chi connectivity index (χ2n) is 3.07. The minimum absolute atomic E-state index is 0.172. The summed E-state index contributed by atoms with van der Waals surface area (Å²) >= 11 is 4.95. The van der Waals surface area contributed by atoms with Crippen LogP contribution >= 0.6 is 27.3 Å². The Balaban J connectivity index is 2.27. The van der Waals surface area contributed by atoms with Gasteiger partial charge in [-0.05, 0) is 34.5 Å². The molecule has 0 bridgehead atoms. The summed E-state index contributed by atoms with van der Waals surface area (Å²) in [6.45, 7) is 1.98. The molecule has 15 heavy (non-hydrogen) atoms. The predicted molar refractivity (Wildman–Crippen MR) is 62.5 cm³/mol. The van der Waals surface area contributed by atoms with E-state index in [0.29, 0.717) is 11.7 Å². The molecule has 0 saturated carbocycles. The highest BCUT2D eigenvalue weighted by Crippen LogP contribution is 2.29. The first-order chi connectivity index (χ1) is 7.20. The normalized spacial score (nSPS) is 13.0. The topological polar surface area (TPSA) is 64.9 Å². The van der Waals surface area contributed by atoms with Gasteiger partial charge >= 0.3 is 0 Å². The van der Waals surface area contributed by atoms with E-state index in [-0.39, 0.29) is 6.04 Å². The van der Waals surface area contributed by atoms with Crippen molar-refractivity contribution in [3.63, 3.8) is 0 Å². The van der Waals surface area contributed by atoms with E-state index in [1.807, 2.05) is 19.1 Å². The average molecular weight is 288 g/mol. The number of rotatable bonds is 3. The Labute approximate surface area is 99.6 Å². The molecule has 6 heteroatoms. The highest BCUT2D eigenvalue weighted by atomic mass is 79.9. The lowest BCUT2D eigenvalue weighted by molar-refractivity contribution is 0.352. The second kappa shape index (κ2) is 4.42. The molecule has 0 saturated heterocycles. The molecule has 1 unspecified atom stereocenters. The highest BCUT2D eigenvalue weighted by Gasteiger charge is 2.14. The zero-order valence-electron chi connectivity index (χ0n) is 8.11. The zero-order chi connectivity index (χ0) is 10.8. The molecular weight excluding hydrogens is 278 g/mol. The van der Waals surface area contributed by atoms with Gasteiger partial charge in [-0.25, -0.2) is 0 Å². The molecule has 0 aliphatic rings. The van der Waals surface area contributed by atoms with Crippen molar-refractivity contribution in [3.05, 3.63) is 21.8 Å². The van der Waals surface area contributed by atoms with E-state index in [2.05, 4.69) is 26.1 Å². The number of hydrogen-bond donors (Lipinski definition) is 1. The van der Waals surface area contributed by atoms with E-state index < -0.39 is 0 Å². The van der Waals surface area contributed by atoms with Crippen molar-refractivity contribution in [2.45, 2.75) is 19.4 Å². The number of nitrogens with zero attached hydrogens (tertiary/aromatic N) is 2. The maximum absolute atomic E-state index is 5.79. The van der Waals surface area contributed by atoms with Crippen molar-refractivity contribution in [2.75, 3.05) is 0 Å². The molecule has 80 valence electrons. The molecule has 0 aromatic carbocycles. The summed E-state index contributed by atoms with van der Waals surface area (Å²) in [4.78, 5) is 5.22. The smallest absolute Gasteiger partial charge is 0.243 e. The monoisotopic (exact) mass is 287 g/mol. The van der Waals surface area contributed by atoms with Crippen LogP contribution in [0.25, 0.3) is 10.7 Å². The van der Waals surface area contributed by atoms with Gasteiger partial charge in [-0.3, -0.25) is 0 Å². The molecule has 0 amide bonds. The number of aromatic nitrogens is 2. The molecular formula is C9H10BrN3OS. The van der Waals surface area contributed by atoms with Gasteiger partial charge in [0, 0.05) is 0 Å². The summed E-state index contributed by atoms with van der Waals surface area (Å²) in [5, 5.41) is 3.89. The summed E-state index contributed by atoms with van der Waals surface area (Å²) in [5.41, 5.74) is 5.79. The number of hydrogen-bond acceptors (Lipinski definition) is 5.